The van der Waals surface area contributed by atoms with E-state index in [1.54, 1.807) is 6.20 Å². The average molecular weight is 460 g/mol. The fraction of sp³-hybridized carbons (Fsp3) is 0.423. The highest BCUT2D eigenvalue weighted by atomic mass is 16.1. The van der Waals surface area contributed by atoms with Crippen LogP contribution < -0.4 is 20.9 Å². The van der Waals surface area contributed by atoms with Crippen molar-refractivity contribution >= 4 is 34.5 Å². The normalized spacial score (nSPS) is 17.0. The lowest BCUT2D eigenvalue weighted by Gasteiger charge is -2.34. The maximum absolute atomic E-state index is 12.1. The molecule has 0 atom stereocenters. The molecule has 2 fully saturated rings. The molecule has 1 aromatic carbocycles. The van der Waals surface area contributed by atoms with Gasteiger partial charge in [-0.2, -0.15) is 5.26 Å². The highest BCUT2D eigenvalue weighted by molar-refractivity contribution is 6.02. The minimum Gasteiger partial charge on any atom is -0.381 e. The number of amides is 1. The van der Waals surface area contributed by atoms with E-state index in [0.29, 0.717) is 23.1 Å². The summed E-state index contributed by atoms with van der Waals surface area (Å²) in [7, 11) is 2.13. The first-order valence-electron chi connectivity index (χ1n) is 12.0. The van der Waals surface area contributed by atoms with Crippen LogP contribution in [0.4, 0.5) is 28.6 Å². The Bertz CT molecular complexity index is 1060. The lowest BCUT2D eigenvalue weighted by atomic mass is 9.95. The average Bonchev–Trinajstić information content (AvgIpc) is 2.86. The highest BCUT2D eigenvalue weighted by Crippen LogP contribution is 2.32. The molecule has 1 aliphatic heterocycles. The van der Waals surface area contributed by atoms with Crippen molar-refractivity contribution in [2.75, 3.05) is 54.1 Å². The van der Waals surface area contributed by atoms with Gasteiger partial charge in [-0.3, -0.25) is 4.79 Å². The highest BCUT2D eigenvalue weighted by Gasteiger charge is 2.18. The molecule has 8 heteroatoms. The minimum absolute atomic E-state index is 0.272. The summed E-state index contributed by atoms with van der Waals surface area (Å²) in [5.74, 6) is 0.338. The van der Waals surface area contributed by atoms with Crippen LogP contribution in [0.1, 0.15) is 37.7 Å². The van der Waals surface area contributed by atoms with Gasteiger partial charge in [-0.15, -0.1) is 0 Å². The molecule has 1 amide bonds. The fourth-order valence-corrected chi connectivity index (χ4v) is 4.53. The number of nitrogens with zero attached hydrogens (tertiary/aromatic N) is 4. The maximum Gasteiger partial charge on any atom is 0.247 e. The number of likely N-dealkylation sites (N-methyl/N-ethyl adjacent to an activating group) is 1. The Balaban J connectivity index is 1.57. The SMILES string of the molecule is C=CC(=O)Nc1cc(N2CCN(C)CC2)ccc1Nc1cc(NC2CCCCC2)c(C#N)cn1. The third kappa shape index (κ3) is 5.86. The number of hydrogen-bond donors (Lipinski definition) is 3. The maximum atomic E-state index is 12.1. The summed E-state index contributed by atoms with van der Waals surface area (Å²) in [6, 6.07) is 10.5. The molecule has 1 aliphatic carbocycles. The molecular weight excluding hydrogens is 426 g/mol. The molecule has 34 heavy (non-hydrogen) atoms. The standard InChI is InChI=1S/C26H33N7O/c1-3-26(34)31-24-15-21(33-13-11-32(2)12-14-33)9-10-22(24)30-25-16-23(19(17-27)18-28-25)29-20-7-5-4-6-8-20/h3,9-10,15-16,18,20H,1,4-8,11-14H2,2H3,(H,31,34)(H2,28,29,30). The Morgan fingerprint density at radius 3 is 2.59 bits per heavy atom. The van der Waals surface area contributed by atoms with Crippen molar-refractivity contribution in [2.24, 2.45) is 0 Å². The number of carbonyl (C=O) groups excluding carboxylic acids is 1. The van der Waals surface area contributed by atoms with Gasteiger partial charge in [0.2, 0.25) is 5.91 Å². The van der Waals surface area contributed by atoms with E-state index in [2.05, 4.69) is 56.5 Å². The largest absolute Gasteiger partial charge is 0.381 e. The molecule has 0 unspecified atom stereocenters. The van der Waals surface area contributed by atoms with Crippen LogP contribution in [0.2, 0.25) is 0 Å². The molecule has 3 N–H and O–H groups in total. The van der Waals surface area contributed by atoms with E-state index < -0.39 is 0 Å². The van der Waals surface area contributed by atoms with Crippen molar-refractivity contribution in [3.63, 3.8) is 0 Å². The summed E-state index contributed by atoms with van der Waals surface area (Å²) in [4.78, 5) is 21.2. The van der Waals surface area contributed by atoms with Crippen LogP contribution in [-0.4, -0.2) is 55.1 Å². The summed E-state index contributed by atoms with van der Waals surface area (Å²) < 4.78 is 0. The third-order valence-corrected chi connectivity index (χ3v) is 6.57. The summed E-state index contributed by atoms with van der Waals surface area (Å²) in [5, 5.41) is 19.3. The van der Waals surface area contributed by atoms with Gasteiger partial charge in [0.25, 0.3) is 0 Å². The second-order valence-corrected chi connectivity index (χ2v) is 9.04. The van der Waals surface area contributed by atoms with E-state index in [0.717, 1.165) is 56.1 Å². The zero-order chi connectivity index (χ0) is 23.9. The van der Waals surface area contributed by atoms with Crippen molar-refractivity contribution in [3.05, 3.63) is 48.7 Å². The Kier molecular flexibility index (Phi) is 7.65. The first-order valence-corrected chi connectivity index (χ1v) is 12.0. The van der Waals surface area contributed by atoms with Gasteiger partial charge in [0.05, 0.1) is 22.6 Å². The van der Waals surface area contributed by atoms with Crippen molar-refractivity contribution in [3.8, 4) is 6.07 Å². The number of rotatable bonds is 7. The van der Waals surface area contributed by atoms with Gasteiger partial charge in [0.15, 0.2) is 0 Å². The van der Waals surface area contributed by atoms with Gasteiger partial charge < -0.3 is 25.8 Å². The zero-order valence-electron chi connectivity index (χ0n) is 19.8. The van der Waals surface area contributed by atoms with Crippen LogP contribution in [0.25, 0.3) is 0 Å². The monoisotopic (exact) mass is 459 g/mol. The summed E-state index contributed by atoms with van der Waals surface area (Å²) in [6.07, 6.45) is 8.77. The fourth-order valence-electron chi connectivity index (χ4n) is 4.53. The molecule has 8 nitrogen and oxygen atoms in total. The number of benzene rings is 1. The number of aromatic nitrogens is 1. The number of piperazine rings is 1. The number of hydrogen-bond acceptors (Lipinski definition) is 7. The smallest absolute Gasteiger partial charge is 0.247 e. The second kappa shape index (κ2) is 11.0. The van der Waals surface area contributed by atoms with Crippen molar-refractivity contribution in [1.82, 2.24) is 9.88 Å². The van der Waals surface area contributed by atoms with E-state index in [4.69, 9.17) is 0 Å². The Morgan fingerprint density at radius 2 is 1.88 bits per heavy atom. The van der Waals surface area contributed by atoms with Gasteiger partial charge >= 0.3 is 0 Å². The van der Waals surface area contributed by atoms with Gasteiger partial charge in [-0.05, 0) is 44.2 Å². The molecule has 0 spiro atoms. The summed E-state index contributed by atoms with van der Waals surface area (Å²) in [6.45, 7) is 7.45. The number of pyridine rings is 1. The Labute approximate surface area is 201 Å². The number of carbonyl (C=O) groups is 1. The van der Waals surface area contributed by atoms with Gasteiger partial charge in [-0.1, -0.05) is 25.8 Å². The Morgan fingerprint density at radius 1 is 1.12 bits per heavy atom. The predicted octanol–water partition coefficient (Wildman–Crippen LogP) is 4.32. The summed E-state index contributed by atoms with van der Waals surface area (Å²) >= 11 is 0. The molecule has 0 radical (unpaired) electrons. The van der Waals surface area contributed by atoms with E-state index in [1.807, 2.05) is 18.2 Å². The van der Waals surface area contributed by atoms with Crippen LogP contribution in [0.15, 0.2) is 43.1 Å². The van der Waals surface area contributed by atoms with E-state index >= 15 is 0 Å². The van der Waals surface area contributed by atoms with Crippen LogP contribution in [0.3, 0.4) is 0 Å². The van der Waals surface area contributed by atoms with Crippen LogP contribution in [-0.2, 0) is 4.79 Å². The number of nitrogens with one attached hydrogen (secondary N) is 3. The Hall–Kier alpha value is -3.57. The zero-order valence-corrected chi connectivity index (χ0v) is 19.8. The topological polar surface area (TPSA) is 96.3 Å². The first kappa shape index (κ1) is 23.6. The van der Waals surface area contributed by atoms with Gasteiger partial charge in [0, 0.05) is 50.2 Å². The number of nitriles is 1. The van der Waals surface area contributed by atoms with Gasteiger partial charge in [0.1, 0.15) is 11.9 Å². The molecule has 4 rings (SSSR count). The van der Waals surface area contributed by atoms with Crippen LogP contribution in [0, 0.1) is 11.3 Å². The quantitative estimate of drug-likeness (QED) is 0.531. The molecule has 1 saturated heterocycles. The van der Waals surface area contributed by atoms with Crippen LogP contribution >= 0.6 is 0 Å². The third-order valence-electron chi connectivity index (χ3n) is 6.57. The predicted molar refractivity (Wildman–Crippen MR) is 138 cm³/mol. The molecular formula is C26H33N7O. The van der Waals surface area contributed by atoms with Crippen molar-refractivity contribution in [1.29, 1.82) is 5.26 Å². The van der Waals surface area contributed by atoms with E-state index in [9.17, 15) is 10.1 Å². The molecule has 178 valence electrons. The molecule has 2 aromatic rings. The van der Waals surface area contributed by atoms with Crippen LogP contribution in [0.5, 0.6) is 0 Å². The first-order chi connectivity index (χ1) is 16.6. The van der Waals surface area contributed by atoms with E-state index in [-0.39, 0.29) is 5.91 Å². The molecule has 2 heterocycles. The lowest BCUT2D eigenvalue weighted by Crippen LogP contribution is -2.44. The molecule has 1 saturated carbocycles. The molecule has 0 bridgehead atoms. The van der Waals surface area contributed by atoms with E-state index in [1.165, 1.54) is 25.3 Å². The lowest BCUT2D eigenvalue weighted by molar-refractivity contribution is -0.111. The molecule has 2 aliphatic rings. The summed E-state index contributed by atoms with van der Waals surface area (Å²) in [5.41, 5.74) is 3.77. The number of anilines is 5. The molecule has 1 aromatic heterocycles. The van der Waals surface area contributed by atoms with Gasteiger partial charge in [-0.25, -0.2) is 4.98 Å². The van der Waals surface area contributed by atoms with Crippen molar-refractivity contribution < 1.29 is 4.79 Å². The second-order valence-electron chi connectivity index (χ2n) is 9.04. The minimum atomic E-state index is -0.272. The van der Waals surface area contributed by atoms with Crippen molar-refractivity contribution in [2.45, 2.75) is 38.1 Å².